The molecule has 0 aromatic heterocycles. The van der Waals surface area contributed by atoms with Crippen molar-refractivity contribution in [1.82, 2.24) is 9.80 Å². The van der Waals surface area contributed by atoms with Gasteiger partial charge in [0.1, 0.15) is 5.75 Å². The predicted octanol–water partition coefficient (Wildman–Crippen LogP) is 4.31. The fourth-order valence-corrected chi connectivity index (χ4v) is 3.20. The molecule has 0 atom stereocenters. The zero-order chi connectivity index (χ0) is 19.7. The van der Waals surface area contributed by atoms with Gasteiger partial charge in [-0.15, -0.1) is 0 Å². The van der Waals surface area contributed by atoms with E-state index in [-0.39, 0.29) is 11.5 Å². The summed E-state index contributed by atoms with van der Waals surface area (Å²) >= 11 is 0. The highest BCUT2D eigenvalue weighted by atomic mass is 16.6. The number of unbranched alkanes of at least 4 members (excludes halogenated alkanes) is 1. The van der Waals surface area contributed by atoms with E-state index in [2.05, 4.69) is 49.9 Å². The van der Waals surface area contributed by atoms with E-state index in [0.717, 1.165) is 64.3 Å². The van der Waals surface area contributed by atoms with Crippen molar-refractivity contribution in [2.45, 2.75) is 52.4 Å². The highest BCUT2D eigenvalue weighted by molar-refractivity contribution is 5.67. The molecule has 0 aliphatic carbocycles. The van der Waals surface area contributed by atoms with Gasteiger partial charge < -0.3 is 14.4 Å². The summed E-state index contributed by atoms with van der Waals surface area (Å²) in [5, 5.41) is 0. The number of hydrogen-bond acceptors (Lipinski definition) is 4. The third-order valence-corrected chi connectivity index (χ3v) is 5.56. The molecule has 0 saturated carbocycles. The number of nitrogens with zero attached hydrogens (tertiary/aromatic N) is 2. The van der Waals surface area contributed by atoms with Crippen molar-refractivity contribution >= 4 is 6.09 Å². The second-order valence-electron chi connectivity index (χ2n) is 7.84. The summed E-state index contributed by atoms with van der Waals surface area (Å²) in [7, 11) is 0. The largest absolute Gasteiger partial charge is 0.494 e. The Morgan fingerprint density at radius 3 is 2.30 bits per heavy atom. The summed E-state index contributed by atoms with van der Waals surface area (Å²) in [4.78, 5) is 15.9. The lowest BCUT2D eigenvalue weighted by molar-refractivity contribution is 0.0789. The maximum absolute atomic E-state index is 11.7. The summed E-state index contributed by atoms with van der Waals surface area (Å²) in [5.74, 6) is 0.953. The van der Waals surface area contributed by atoms with Crippen LogP contribution in [-0.2, 0) is 10.2 Å². The van der Waals surface area contributed by atoms with Crippen molar-refractivity contribution in [3.8, 4) is 5.75 Å². The molecule has 1 fully saturated rings. The first-order valence-corrected chi connectivity index (χ1v) is 10.3. The van der Waals surface area contributed by atoms with E-state index in [0.29, 0.717) is 6.61 Å². The monoisotopic (exact) mass is 376 g/mol. The van der Waals surface area contributed by atoms with Gasteiger partial charge in [-0.3, -0.25) is 4.90 Å². The molecular formula is C22H36N2O3. The topological polar surface area (TPSA) is 42.0 Å². The molecule has 2 rings (SSSR count). The second-order valence-corrected chi connectivity index (χ2v) is 7.84. The average molecular weight is 377 g/mol. The maximum Gasteiger partial charge on any atom is 0.409 e. The SMILES string of the molecule is CCOC(=O)N1CCN(CCCCOc2ccc(C(C)(C)CC)cc2)CC1. The fraction of sp³-hybridized carbons (Fsp3) is 0.682. The molecule has 0 bridgehead atoms. The van der Waals surface area contributed by atoms with Crippen molar-refractivity contribution in [3.05, 3.63) is 29.8 Å². The van der Waals surface area contributed by atoms with Gasteiger partial charge in [0.15, 0.2) is 0 Å². The Morgan fingerprint density at radius 1 is 1.04 bits per heavy atom. The summed E-state index contributed by atoms with van der Waals surface area (Å²) in [6, 6.07) is 8.53. The molecule has 0 unspecified atom stereocenters. The van der Waals surface area contributed by atoms with Crippen molar-refractivity contribution in [3.63, 3.8) is 0 Å². The van der Waals surface area contributed by atoms with Crippen molar-refractivity contribution in [2.24, 2.45) is 0 Å². The van der Waals surface area contributed by atoms with E-state index in [1.165, 1.54) is 5.56 Å². The number of hydrogen-bond donors (Lipinski definition) is 0. The molecule has 1 saturated heterocycles. The average Bonchev–Trinajstić information content (AvgIpc) is 2.69. The summed E-state index contributed by atoms with van der Waals surface area (Å²) in [5.41, 5.74) is 1.58. The van der Waals surface area contributed by atoms with Gasteiger partial charge in [-0.1, -0.05) is 32.9 Å². The minimum absolute atomic E-state index is 0.182. The number of benzene rings is 1. The van der Waals surface area contributed by atoms with Gasteiger partial charge in [0.2, 0.25) is 0 Å². The van der Waals surface area contributed by atoms with E-state index >= 15 is 0 Å². The number of rotatable bonds is 9. The Labute approximate surface area is 164 Å². The number of piperazine rings is 1. The number of ether oxygens (including phenoxy) is 2. The molecule has 1 heterocycles. The third kappa shape index (κ3) is 6.73. The summed E-state index contributed by atoms with van der Waals surface area (Å²) in [6.45, 7) is 14.2. The number of carbonyl (C=O) groups excluding carboxylic acids is 1. The Morgan fingerprint density at radius 2 is 1.70 bits per heavy atom. The van der Waals surface area contributed by atoms with Crippen LogP contribution < -0.4 is 4.74 Å². The molecule has 0 spiro atoms. The van der Waals surface area contributed by atoms with Crippen molar-refractivity contribution < 1.29 is 14.3 Å². The lowest BCUT2D eigenvalue weighted by Crippen LogP contribution is -2.49. The second kappa shape index (κ2) is 10.5. The van der Waals surface area contributed by atoms with Gasteiger partial charge >= 0.3 is 6.09 Å². The first kappa shape index (κ1) is 21.5. The van der Waals surface area contributed by atoms with Gasteiger partial charge in [0, 0.05) is 26.2 Å². The molecule has 1 amide bonds. The van der Waals surface area contributed by atoms with E-state index < -0.39 is 0 Å². The maximum atomic E-state index is 11.7. The van der Waals surface area contributed by atoms with Crippen LogP contribution in [0.5, 0.6) is 5.75 Å². The van der Waals surface area contributed by atoms with Crippen molar-refractivity contribution in [1.29, 1.82) is 0 Å². The van der Waals surface area contributed by atoms with Gasteiger partial charge in [0.25, 0.3) is 0 Å². The Hall–Kier alpha value is -1.75. The van der Waals surface area contributed by atoms with Crippen LogP contribution in [0, 0.1) is 0 Å². The number of carbonyl (C=O) groups is 1. The molecule has 0 N–H and O–H groups in total. The predicted molar refractivity (Wildman–Crippen MR) is 110 cm³/mol. The molecule has 27 heavy (non-hydrogen) atoms. The summed E-state index contributed by atoms with van der Waals surface area (Å²) in [6.07, 6.45) is 3.10. The van der Waals surface area contributed by atoms with Crippen LogP contribution in [0.2, 0.25) is 0 Å². The van der Waals surface area contributed by atoms with Crippen LogP contribution in [0.15, 0.2) is 24.3 Å². The van der Waals surface area contributed by atoms with E-state index in [9.17, 15) is 4.79 Å². The van der Waals surface area contributed by atoms with Crippen LogP contribution in [0.3, 0.4) is 0 Å². The summed E-state index contributed by atoms with van der Waals surface area (Å²) < 4.78 is 10.9. The molecule has 1 aromatic rings. The van der Waals surface area contributed by atoms with Gasteiger partial charge in [0.05, 0.1) is 13.2 Å². The fourth-order valence-electron chi connectivity index (χ4n) is 3.20. The molecular weight excluding hydrogens is 340 g/mol. The molecule has 5 nitrogen and oxygen atoms in total. The third-order valence-electron chi connectivity index (χ3n) is 5.56. The normalized spacial score (nSPS) is 15.6. The van der Waals surface area contributed by atoms with E-state index in [1.54, 1.807) is 4.90 Å². The highest BCUT2D eigenvalue weighted by Gasteiger charge is 2.21. The minimum Gasteiger partial charge on any atom is -0.494 e. The quantitative estimate of drug-likeness (QED) is 0.602. The molecule has 1 aliphatic rings. The van der Waals surface area contributed by atoms with Crippen LogP contribution in [0.4, 0.5) is 4.79 Å². The van der Waals surface area contributed by atoms with Crippen LogP contribution in [0.25, 0.3) is 0 Å². The zero-order valence-electron chi connectivity index (χ0n) is 17.5. The highest BCUT2D eigenvalue weighted by Crippen LogP contribution is 2.28. The Bertz CT molecular complexity index is 563. The van der Waals surface area contributed by atoms with Crippen LogP contribution >= 0.6 is 0 Å². The Kier molecular flexibility index (Phi) is 8.42. The van der Waals surface area contributed by atoms with Gasteiger partial charge in [-0.25, -0.2) is 4.79 Å². The first-order chi connectivity index (χ1) is 13.0. The molecule has 0 radical (unpaired) electrons. The minimum atomic E-state index is -0.182. The molecule has 1 aliphatic heterocycles. The van der Waals surface area contributed by atoms with E-state index in [1.807, 2.05) is 6.92 Å². The van der Waals surface area contributed by atoms with Crippen LogP contribution in [0.1, 0.15) is 52.5 Å². The Balaban J connectivity index is 1.59. The molecule has 1 aromatic carbocycles. The van der Waals surface area contributed by atoms with Crippen LogP contribution in [-0.4, -0.2) is 61.8 Å². The smallest absolute Gasteiger partial charge is 0.409 e. The lowest BCUT2D eigenvalue weighted by Gasteiger charge is -2.33. The molecule has 5 heteroatoms. The van der Waals surface area contributed by atoms with Gasteiger partial charge in [-0.2, -0.15) is 0 Å². The van der Waals surface area contributed by atoms with E-state index in [4.69, 9.17) is 9.47 Å². The number of amides is 1. The lowest BCUT2D eigenvalue weighted by atomic mass is 9.82. The standard InChI is InChI=1S/C22H36N2O3/c1-5-22(3,4)19-9-11-20(12-10-19)27-18-8-7-13-23-14-16-24(17-15-23)21(25)26-6-2/h9-12H,5-8,13-18H2,1-4H3. The molecule has 152 valence electrons. The van der Waals surface area contributed by atoms with Crippen molar-refractivity contribution in [2.75, 3.05) is 45.9 Å². The van der Waals surface area contributed by atoms with Gasteiger partial charge in [-0.05, 0) is 55.8 Å². The first-order valence-electron chi connectivity index (χ1n) is 10.3. The zero-order valence-corrected chi connectivity index (χ0v) is 17.5.